The molecule has 0 saturated heterocycles. The van der Waals surface area contributed by atoms with Gasteiger partial charge in [0.2, 0.25) is 6.10 Å². The normalized spacial score (nSPS) is 28.8. The summed E-state index contributed by atoms with van der Waals surface area (Å²) in [5.74, 6) is 1.62. The van der Waals surface area contributed by atoms with Crippen LogP contribution in [0.2, 0.25) is 0 Å². The van der Waals surface area contributed by atoms with Crippen LogP contribution >= 0.6 is 0 Å². The van der Waals surface area contributed by atoms with E-state index < -0.39 is 6.10 Å². The van der Waals surface area contributed by atoms with Crippen LogP contribution in [0.4, 0.5) is 0 Å². The number of hydrogen-bond donors (Lipinski definition) is 0. The SMILES string of the molecule is CC1CCCC(OC(=O)C2COc3ccccc3O2)C1. The minimum absolute atomic E-state index is 0.0343. The second-order valence-electron chi connectivity index (χ2n) is 5.69. The summed E-state index contributed by atoms with van der Waals surface area (Å²) in [5, 5.41) is 0. The summed E-state index contributed by atoms with van der Waals surface area (Å²) in [6, 6.07) is 7.38. The van der Waals surface area contributed by atoms with Gasteiger partial charge in [0.05, 0.1) is 0 Å². The summed E-state index contributed by atoms with van der Waals surface area (Å²) in [5.41, 5.74) is 0. The van der Waals surface area contributed by atoms with Gasteiger partial charge in [-0.15, -0.1) is 0 Å². The Morgan fingerprint density at radius 3 is 2.85 bits per heavy atom. The van der Waals surface area contributed by atoms with Gasteiger partial charge >= 0.3 is 5.97 Å². The van der Waals surface area contributed by atoms with Crippen molar-refractivity contribution in [2.75, 3.05) is 6.61 Å². The van der Waals surface area contributed by atoms with Crippen molar-refractivity contribution in [3.63, 3.8) is 0 Å². The van der Waals surface area contributed by atoms with Crippen molar-refractivity contribution in [3.05, 3.63) is 24.3 Å². The Balaban J connectivity index is 1.59. The van der Waals surface area contributed by atoms with Gasteiger partial charge in [-0.2, -0.15) is 0 Å². The molecule has 1 aromatic rings. The number of hydrogen-bond acceptors (Lipinski definition) is 4. The van der Waals surface area contributed by atoms with Gasteiger partial charge in [-0.3, -0.25) is 0 Å². The standard InChI is InChI=1S/C16H20O4/c1-11-5-4-6-12(9-11)19-16(17)15-10-18-13-7-2-3-8-14(13)20-15/h2-3,7-8,11-12,15H,4-6,9-10H2,1H3. The fourth-order valence-electron chi connectivity index (χ4n) is 2.86. The van der Waals surface area contributed by atoms with Crippen molar-refractivity contribution in [2.45, 2.75) is 44.8 Å². The second-order valence-corrected chi connectivity index (χ2v) is 5.69. The van der Waals surface area contributed by atoms with Crippen LogP contribution < -0.4 is 9.47 Å². The highest BCUT2D eigenvalue weighted by atomic mass is 16.6. The number of carbonyl (C=O) groups excluding carboxylic acids is 1. The van der Waals surface area contributed by atoms with E-state index in [4.69, 9.17) is 14.2 Å². The molecule has 1 aliphatic heterocycles. The van der Waals surface area contributed by atoms with Crippen LogP contribution in [0.25, 0.3) is 0 Å². The Bertz CT molecular complexity index is 485. The highest BCUT2D eigenvalue weighted by molar-refractivity contribution is 5.76. The lowest BCUT2D eigenvalue weighted by Crippen LogP contribution is -2.40. The predicted molar refractivity (Wildman–Crippen MR) is 73.9 cm³/mol. The number of fused-ring (bicyclic) bond motifs is 1. The number of carbonyl (C=O) groups is 1. The molecule has 3 rings (SSSR count). The van der Waals surface area contributed by atoms with Gasteiger partial charge in [-0.25, -0.2) is 4.79 Å². The lowest BCUT2D eigenvalue weighted by Gasteiger charge is -2.30. The number of para-hydroxylation sites is 2. The first kappa shape index (κ1) is 13.3. The van der Waals surface area contributed by atoms with Crippen LogP contribution in [0, 0.1) is 5.92 Å². The fourth-order valence-corrected chi connectivity index (χ4v) is 2.86. The average Bonchev–Trinajstić information content (AvgIpc) is 2.47. The molecule has 0 bridgehead atoms. The molecule has 1 heterocycles. The fraction of sp³-hybridized carbons (Fsp3) is 0.562. The van der Waals surface area contributed by atoms with E-state index in [2.05, 4.69) is 6.92 Å². The Hall–Kier alpha value is -1.71. The van der Waals surface area contributed by atoms with Gasteiger partial charge in [0.15, 0.2) is 11.5 Å². The van der Waals surface area contributed by atoms with Crippen LogP contribution in [0.3, 0.4) is 0 Å². The largest absolute Gasteiger partial charge is 0.485 e. The topological polar surface area (TPSA) is 44.8 Å². The molecule has 0 spiro atoms. The molecule has 0 radical (unpaired) electrons. The van der Waals surface area contributed by atoms with E-state index in [1.807, 2.05) is 18.2 Å². The molecule has 4 nitrogen and oxygen atoms in total. The molecule has 1 aliphatic carbocycles. The molecule has 3 unspecified atom stereocenters. The Labute approximate surface area is 119 Å². The molecule has 3 atom stereocenters. The number of esters is 1. The Morgan fingerprint density at radius 2 is 2.05 bits per heavy atom. The number of benzene rings is 1. The van der Waals surface area contributed by atoms with E-state index in [9.17, 15) is 4.79 Å². The number of ether oxygens (including phenoxy) is 3. The minimum Gasteiger partial charge on any atom is -0.485 e. The molecule has 1 saturated carbocycles. The van der Waals surface area contributed by atoms with Crippen LogP contribution in [-0.2, 0) is 9.53 Å². The predicted octanol–water partition coefficient (Wildman–Crippen LogP) is 2.95. The average molecular weight is 276 g/mol. The summed E-state index contributed by atoms with van der Waals surface area (Å²) in [7, 11) is 0. The van der Waals surface area contributed by atoms with Crippen molar-refractivity contribution in [1.82, 2.24) is 0 Å². The molecule has 2 aliphatic rings. The molecule has 1 aromatic carbocycles. The molecule has 108 valence electrons. The third-order valence-corrected chi connectivity index (χ3v) is 3.94. The molecule has 0 N–H and O–H groups in total. The quantitative estimate of drug-likeness (QED) is 0.779. The highest BCUT2D eigenvalue weighted by Gasteiger charge is 2.31. The summed E-state index contributed by atoms with van der Waals surface area (Å²) in [4.78, 5) is 12.2. The monoisotopic (exact) mass is 276 g/mol. The molecular weight excluding hydrogens is 256 g/mol. The van der Waals surface area contributed by atoms with Crippen LogP contribution in [0.5, 0.6) is 11.5 Å². The van der Waals surface area contributed by atoms with E-state index in [0.29, 0.717) is 17.4 Å². The van der Waals surface area contributed by atoms with Crippen molar-refractivity contribution < 1.29 is 19.0 Å². The van der Waals surface area contributed by atoms with Gasteiger partial charge in [0, 0.05) is 0 Å². The summed E-state index contributed by atoms with van der Waals surface area (Å²) in [6.07, 6.45) is 3.65. The molecular formula is C16H20O4. The molecule has 0 aromatic heterocycles. The zero-order valence-electron chi connectivity index (χ0n) is 11.7. The van der Waals surface area contributed by atoms with Crippen LogP contribution in [-0.4, -0.2) is 24.8 Å². The third kappa shape index (κ3) is 2.89. The molecule has 20 heavy (non-hydrogen) atoms. The molecule has 4 heteroatoms. The van der Waals surface area contributed by atoms with Crippen molar-refractivity contribution in [3.8, 4) is 11.5 Å². The smallest absolute Gasteiger partial charge is 0.351 e. The Morgan fingerprint density at radius 1 is 1.25 bits per heavy atom. The zero-order chi connectivity index (χ0) is 13.9. The summed E-state index contributed by atoms with van der Waals surface area (Å²) in [6.45, 7) is 2.43. The maximum atomic E-state index is 12.2. The van der Waals surface area contributed by atoms with E-state index >= 15 is 0 Å². The first-order chi connectivity index (χ1) is 9.72. The highest BCUT2D eigenvalue weighted by Crippen LogP contribution is 2.32. The third-order valence-electron chi connectivity index (χ3n) is 3.94. The maximum Gasteiger partial charge on any atom is 0.351 e. The van der Waals surface area contributed by atoms with Crippen molar-refractivity contribution >= 4 is 5.97 Å². The summed E-state index contributed by atoms with van der Waals surface area (Å²) < 4.78 is 16.8. The van der Waals surface area contributed by atoms with E-state index in [1.54, 1.807) is 6.07 Å². The van der Waals surface area contributed by atoms with Gasteiger partial charge in [-0.1, -0.05) is 25.5 Å². The van der Waals surface area contributed by atoms with Gasteiger partial charge in [0.1, 0.15) is 12.7 Å². The van der Waals surface area contributed by atoms with E-state index in [0.717, 1.165) is 19.3 Å². The van der Waals surface area contributed by atoms with Gasteiger partial charge in [-0.05, 0) is 37.3 Å². The zero-order valence-corrected chi connectivity index (χ0v) is 11.7. The molecule has 1 fully saturated rings. The van der Waals surface area contributed by atoms with Crippen molar-refractivity contribution in [2.24, 2.45) is 5.92 Å². The van der Waals surface area contributed by atoms with E-state index in [-0.39, 0.29) is 18.7 Å². The van der Waals surface area contributed by atoms with E-state index in [1.165, 1.54) is 6.42 Å². The van der Waals surface area contributed by atoms with Crippen molar-refractivity contribution in [1.29, 1.82) is 0 Å². The Kier molecular flexibility index (Phi) is 3.81. The summed E-state index contributed by atoms with van der Waals surface area (Å²) >= 11 is 0. The number of rotatable bonds is 2. The maximum absolute atomic E-state index is 12.2. The lowest BCUT2D eigenvalue weighted by atomic mass is 9.89. The van der Waals surface area contributed by atoms with Crippen LogP contribution in [0.15, 0.2) is 24.3 Å². The lowest BCUT2D eigenvalue weighted by molar-refractivity contribution is -0.162. The van der Waals surface area contributed by atoms with Gasteiger partial charge < -0.3 is 14.2 Å². The van der Waals surface area contributed by atoms with Gasteiger partial charge in [0.25, 0.3) is 0 Å². The first-order valence-corrected chi connectivity index (χ1v) is 7.31. The second kappa shape index (κ2) is 5.73. The minimum atomic E-state index is -0.651. The first-order valence-electron chi connectivity index (χ1n) is 7.31. The van der Waals surface area contributed by atoms with Crippen LogP contribution in [0.1, 0.15) is 32.6 Å². The molecule has 0 amide bonds.